The molecule has 2 rings (SSSR count). The number of hydrogen-bond donors (Lipinski definition) is 1. The highest BCUT2D eigenvalue weighted by molar-refractivity contribution is 5.87. The first kappa shape index (κ1) is 12.0. The van der Waals surface area contributed by atoms with E-state index in [4.69, 9.17) is 9.15 Å². The summed E-state index contributed by atoms with van der Waals surface area (Å²) in [5.41, 5.74) is 0.356. The molecule has 1 N–H and O–H groups in total. The van der Waals surface area contributed by atoms with E-state index in [1.54, 1.807) is 24.4 Å². The Balaban J connectivity index is 1.93. The molecule has 0 bridgehead atoms. The molecule has 2 heterocycles. The van der Waals surface area contributed by atoms with Crippen LogP contribution in [0.15, 0.2) is 34.9 Å². The Morgan fingerprint density at radius 1 is 1.28 bits per heavy atom. The molecule has 0 aliphatic heterocycles. The number of nitrogens with one attached hydrogen (secondary N) is 1. The molecule has 0 spiro atoms. The van der Waals surface area contributed by atoms with E-state index in [9.17, 15) is 9.59 Å². The van der Waals surface area contributed by atoms with E-state index in [2.05, 4.69) is 9.72 Å². The van der Waals surface area contributed by atoms with E-state index in [1.807, 2.05) is 0 Å². The van der Waals surface area contributed by atoms with Crippen LogP contribution in [-0.4, -0.2) is 24.0 Å². The number of aromatic nitrogens is 1. The fraction of sp³-hybridized carbons (Fsp3) is 0.167. The zero-order valence-electron chi connectivity index (χ0n) is 9.64. The molecule has 2 aromatic heterocycles. The van der Waals surface area contributed by atoms with Crippen LogP contribution in [0.1, 0.15) is 26.8 Å². The molecular formula is C12H11NO5. The van der Waals surface area contributed by atoms with Gasteiger partial charge in [-0.25, -0.2) is 9.59 Å². The molecule has 0 fully saturated rings. The maximum Gasteiger partial charge on any atom is 0.373 e. The van der Waals surface area contributed by atoms with Crippen molar-refractivity contribution in [1.82, 2.24) is 4.98 Å². The summed E-state index contributed by atoms with van der Waals surface area (Å²) >= 11 is 0. The number of rotatable bonds is 4. The van der Waals surface area contributed by atoms with Gasteiger partial charge in [-0.05, 0) is 24.3 Å². The van der Waals surface area contributed by atoms with Crippen molar-refractivity contribution in [3.63, 3.8) is 0 Å². The third-order valence-corrected chi connectivity index (χ3v) is 2.21. The maximum absolute atomic E-state index is 11.5. The summed E-state index contributed by atoms with van der Waals surface area (Å²) in [6.07, 6.45) is 1.62. The van der Waals surface area contributed by atoms with Gasteiger partial charge in [0.1, 0.15) is 18.1 Å². The van der Waals surface area contributed by atoms with Gasteiger partial charge in [0.15, 0.2) is 0 Å². The molecule has 0 saturated carbocycles. The number of furan rings is 1. The number of ether oxygens (including phenoxy) is 2. The highest BCUT2D eigenvalue weighted by atomic mass is 16.6. The molecule has 0 aromatic carbocycles. The Morgan fingerprint density at radius 3 is 2.78 bits per heavy atom. The maximum atomic E-state index is 11.5. The summed E-state index contributed by atoms with van der Waals surface area (Å²) in [4.78, 5) is 25.3. The van der Waals surface area contributed by atoms with Crippen LogP contribution in [0, 0.1) is 0 Å². The normalized spacial score (nSPS) is 10.1. The predicted molar refractivity (Wildman–Crippen MR) is 60.0 cm³/mol. The number of aromatic amines is 1. The molecule has 0 atom stereocenters. The molecule has 0 unspecified atom stereocenters. The van der Waals surface area contributed by atoms with Crippen molar-refractivity contribution in [2.45, 2.75) is 6.61 Å². The summed E-state index contributed by atoms with van der Waals surface area (Å²) < 4.78 is 14.6. The molecule has 0 amide bonds. The van der Waals surface area contributed by atoms with E-state index >= 15 is 0 Å². The van der Waals surface area contributed by atoms with E-state index in [1.165, 1.54) is 13.2 Å². The lowest BCUT2D eigenvalue weighted by Gasteiger charge is -2.00. The Hall–Kier alpha value is -2.50. The van der Waals surface area contributed by atoms with Gasteiger partial charge in [0.05, 0.1) is 7.11 Å². The minimum absolute atomic E-state index is 0.0468. The zero-order valence-corrected chi connectivity index (χ0v) is 9.64. The van der Waals surface area contributed by atoms with Gasteiger partial charge in [-0.2, -0.15) is 0 Å². The van der Waals surface area contributed by atoms with Crippen molar-refractivity contribution in [3.05, 3.63) is 47.7 Å². The smallest absolute Gasteiger partial charge is 0.373 e. The van der Waals surface area contributed by atoms with Crippen molar-refractivity contribution in [1.29, 1.82) is 0 Å². The second kappa shape index (κ2) is 5.22. The monoisotopic (exact) mass is 249 g/mol. The van der Waals surface area contributed by atoms with E-state index in [-0.39, 0.29) is 12.4 Å². The van der Waals surface area contributed by atoms with Crippen LogP contribution in [-0.2, 0) is 16.1 Å². The van der Waals surface area contributed by atoms with Gasteiger partial charge in [0.2, 0.25) is 5.76 Å². The standard InChI is InChI=1S/C12H11NO5/c1-16-12(15)10-5-4-8(18-10)7-17-11(14)9-3-2-6-13-9/h2-6,13H,7H2,1H3. The quantitative estimate of drug-likeness (QED) is 0.835. The molecule has 0 aliphatic carbocycles. The van der Waals surface area contributed by atoms with Crippen LogP contribution in [0.2, 0.25) is 0 Å². The number of hydrogen-bond acceptors (Lipinski definition) is 5. The molecule has 94 valence electrons. The number of carbonyl (C=O) groups is 2. The van der Waals surface area contributed by atoms with Crippen LogP contribution >= 0.6 is 0 Å². The van der Waals surface area contributed by atoms with Crippen molar-refractivity contribution in [2.24, 2.45) is 0 Å². The molecule has 6 heteroatoms. The second-order valence-electron chi connectivity index (χ2n) is 3.42. The van der Waals surface area contributed by atoms with Gasteiger partial charge >= 0.3 is 11.9 Å². The Morgan fingerprint density at radius 2 is 2.11 bits per heavy atom. The van der Waals surface area contributed by atoms with Crippen molar-refractivity contribution in [3.8, 4) is 0 Å². The van der Waals surface area contributed by atoms with E-state index < -0.39 is 11.9 Å². The van der Waals surface area contributed by atoms with Crippen LogP contribution in [0.4, 0.5) is 0 Å². The van der Waals surface area contributed by atoms with Gasteiger partial charge in [-0.15, -0.1) is 0 Å². The fourth-order valence-corrected chi connectivity index (χ4v) is 1.34. The summed E-state index contributed by atoms with van der Waals surface area (Å²) in [7, 11) is 1.26. The summed E-state index contributed by atoms with van der Waals surface area (Å²) in [5.74, 6) is -0.619. The highest BCUT2D eigenvalue weighted by Crippen LogP contribution is 2.11. The summed E-state index contributed by atoms with van der Waals surface area (Å²) in [5, 5.41) is 0. The van der Waals surface area contributed by atoms with Gasteiger partial charge < -0.3 is 18.9 Å². The number of esters is 2. The SMILES string of the molecule is COC(=O)c1ccc(COC(=O)c2ccc[nH]2)o1. The number of methoxy groups -OCH3 is 1. The van der Waals surface area contributed by atoms with Crippen molar-refractivity contribution >= 4 is 11.9 Å². The minimum atomic E-state index is -0.572. The molecule has 0 aliphatic rings. The van der Waals surface area contributed by atoms with Crippen molar-refractivity contribution in [2.75, 3.05) is 7.11 Å². The first-order chi connectivity index (χ1) is 8.70. The average molecular weight is 249 g/mol. The van der Waals surface area contributed by atoms with Crippen LogP contribution < -0.4 is 0 Å². The zero-order chi connectivity index (χ0) is 13.0. The third kappa shape index (κ3) is 2.60. The molecule has 6 nitrogen and oxygen atoms in total. The molecular weight excluding hydrogens is 238 g/mol. The third-order valence-electron chi connectivity index (χ3n) is 2.21. The second-order valence-corrected chi connectivity index (χ2v) is 3.42. The minimum Gasteiger partial charge on any atom is -0.463 e. The van der Waals surface area contributed by atoms with Crippen LogP contribution in [0.25, 0.3) is 0 Å². The lowest BCUT2D eigenvalue weighted by atomic mass is 10.4. The Bertz CT molecular complexity index is 541. The lowest BCUT2D eigenvalue weighted by molar-refractivity contribution is 0.0432. The largest absolute Gasteiger partial charge is 0.463 e. The lowest BCUT2D eigenvalue weighted by Crippen LogP contribution is -2.05. The van der Waals surface area contributed by atoms with Gasteiger partial charge in [-0.3, -0.25) is 0 Å². The first-order valence-corrected chi connectivity index (χ1v) is 5.18. The Kier molecular flexibility index (Phi) is 3.47. The van der Waals surface area contributed by atoms with Gasteiger partial charge in [0, 0.05) is 6.20 Å². The predicted octanol–water partition coefficient (Wildman–Crippen LogP) is 1.75. The average Bonchev–Trinajstić information content (AvgIpc) is 3.05. The highest BCUT2D eigenvalue weighted by Gasteiger charge is 2.13. The van der Waals surface area contributed by atoms with Gasteiger partial charge in [0.25, 0.3) is 0 Å². The van der Waals surface area contributed by atoms with Crippen molar-refractivity contribution < 1.29 is 23.5 Å². The summed E-state index contributed by atoms with van der Waals surface area (Å²) in [6.45, 7) is -0.0468. The molecule has 2 aromatic rings. The topological polar surface area (TPSA) is 81.5 Å². The number of carbonyl (C=O) groups excluding carboxylic acids is 2. The molecule has 0 saturated heterocycles. The molecule has 0 radical (unpaired) electrons. The van der Waals surface area contributed by atoms with Gasteiger partial charge in [-0.1, -0.05) is 0 Å². The Labute approximate surface area is 103 Å². The molecule has 18 heavy (non-hydrogen) atoms. The first-order valence-electron chi connectivity index (χ1n) is 5.18. The van der Waals surface area contributed by atoms with Crippen LogP contribution in [0.3, 0.4) is 0 Å². The van der Waals surface area contributed by atoms with Crippen LogP contribution in [0.5, 0.6) is 0 Å². The number of H-pyrrole nitrogens is 1. The van der Waals surface area contributed by atoms with E-state index in [0.717, 1.165) is 0 Å². The van der Waals surface area contributed by atoms with E-state index in [0.29, 0.717) is 11.5 Å². The summed E-state index contributed by atoms with van der Waals surface area (Å²) in [6, 6.07) is 6.31. The fourth-order valence-electron chi connectivity index (χ4n) is 1.34.